The maximum Gasteiger partial charge on any atom is 0.224 e. The first-order valence-corrected chi connectivity index (χ1v) is 8.87. The molecule has 0 unspecified atom stereocenters. The van der Waals surface area contributed by atoms with E-state index in [-0.39, 0.29) is 0 Å². The number of para-hydroxylation sites is 1. The molecule has 1 heterocycles. The minimum atomic E-state index is 0.665. The second-order valence-electron chi connectivity index (χ2n) is 5.66. The van der Waals surface area contributed by atoms with Crippen LogP contribution in [0.1, 0.15) is 32.1 Å². The van der Waals surface area contributed by atoms with Crippen LogP contribution >= 0.6 is 15.9 Å². The first-order chi connectivity index (χ1) is 11.3. The fourth-order valence-electron chi connectivity index (χ4n) is 2.68. The van der Waals surface area contributed by atoms with Crippen molar-refractivity contribution in [3.05, 3.63) is 52.7 Å². The molecule has 0 saturated heterocycles. The summed E-state index contributed by atoms with van der Waals surface area (Å²) in [5.74, 6) is 1.45. The molecule has 0 atom stereocenters. The summed E-state index contributed by atoms with van der Waals surface area (Å²) in [5.41, 5.74) is 2.55. The van der Waals surface area contributed by atoms with Crippen LogP contribution in [0.15, 0.2) is 52.7 Å². The quantitative estimate of drug-likeness (QED) is 0.676. The Morgan fingerprint density at radius 1 is 1.13 bits per heavy atom. The molecule has 5 heteroatoms. The molecule has 0 radical (unpaired) electrons. The molecule has 0 saturated carbocycles. The molecule has 23 heavy (non-hydrogen) atoms. The van der Waals surface area contributed by atoms with Crippen LogP contribution in [-0.2, 0) is 0 Å². The van der Waals surface area contributed by atoms with Gasteiger partial charge in [0.1, 0.15) is 5.82 Å². The van der Waals surface area contributed by atoms with Crippen LogP contribution in [0.2, 0.25) is 0 Å². The third-order valence-corrected chi connectivity index (χ3v) is 4.60. The normalized spacial score (nSPS) is 14.2. The minimum absolute atomic E-state index is 0.665. The third-order valence-electron chi connectivity index (χ3n) is 3.91. The Hall–Kier alpha value is -1.88. The molecule has 1 aromatic heterocycles. The highest BCUT2D eigenvalue weighted by Gasteiger charge is 2.05. The van der Waals surface area contributed by atoms with Crippen LogP contribution in [0.3, 0.4) is 0 Å². The van der Waals surface area contributed by atoms with E-state index in [4.69, 9.17) is 0 Å². The number of benzene rings is 1. The largest absolute Gasteiger partial charge is 0.354 e. The minimum Gasteiger partial charge on any atom is -0.354 e. The maximum absolute atomic E-state index is 4.52. The molecule has 3 rings (SSSR count). The summed E-state index contributed by atoms with van der Waals surface area (Å²) in [5, 5.41) is 6.62. The summed E-state index contributed by atoms with van der Waals surface area (Å²) in [6, 6.07) is 9.86. The maximum atomic E-state index is 4.52. The van der Waals surface area contributed by atoms with Gasteiger partial charge < -0.3 is 10.6 Å². The molecule has 0 aliphatic heterocycles. The number of allylic oxidation sites excluding steroid dienone is 1. The molecule has 0 amide bonds. The van der Waals surface area contributed by atoms with E-state index in [1.165, 1.54) is 25.7 Å². The molecule has 1 aliphatic rings. The van der Waals surface area contributed by atoms with Gasteiger partial charge in [-0.15, -0.1) is 0 Å². The van der Waals surface area contributed by atoms with Crippen molar-refractivity contribution in [1.29, 1.82) is 0 Å². The van der Waals surface area contributed by atoms with Gasteiger partial charge in [0.05, 0.1) is 5.69 Å². The number of rotatable bonds is 6. The number of anilines is 3. The molecule has 1 aromatic carbocycles. The molecule has 2 N–H and O–H groups in total. The zero-order valence-corrected chi connectivity index (χ0v) is 14.6. The van der Waals surface area contributed by atoms with Crippen molar-refractivity contribution in [3.63, 3.8) is 0 Å². The number of hydrogen-bond donors (Lipinski definition) is 2. The summed E-state index contributed by atoms with van der Waals surface area (Å²) in [6.07, 6.45) is 10.4. The molecule has 120 valence electrons. The van der Waals surface area contributed by atoms with E-state index in [1.807, 2.05) is 30.3 Å². The molecule has 0 bridgehead atoms. The van der Waals surface area contributed by atoms with Gasteiger partial charge in [0, 0.05) is 17.2 Å². The van der Waals surface area contributed by atoms with Gasteiger partial charge in [-0.3, -0.25) is 0 Å². The van der Waals surface area contributed by atoms with Gasteiger partial charge in [-0.2, -0.15) is 4.98 Å². The zero-order valence-electron chi connectivity index (χ0n) is 13.1. The van der Waals surface area contributed by atoms with E-state index in [2.05, 4.69) is 42.6 Å². The predicted octanol–water partition coefficient (Wildman–Crippen LogP) is 5.29. The Morgan fingerprint density at radius 3 is 2.87 bits per heavy atom. The zero-order chi connectivity index (χ0) is 15.9. The van der Waals surface area contributed by atoms with Crippen molar-refractivity contribution < 1.29 is 0 Å². The highest BCUT2D eigenvalue weighted by atomic mass is 79.9. The van der Waals surface area contributed by atoms with Gasteiger partial charge >= 0.3 is 0 Å². The van der Waals surface area contributed by atoms with Gasteiger partial charge in [0.25, 0.3) is 0 Å². The van der Waals surface area contributed by atoms with Gasteiger partial charge in [-0.05, 0) is 66.2 Å². The number of hydrogen-bond acceptors (Lipinski definition) is 4. The smallest absolute Gasteiger partial charge is 0.224 e. The lowest BCUT2D eigenvalue weighted by Crippen LogP contribution is -2.08. The topological polar surface area (TPSA) is 49.8 Å². The number of nitrogens with one attached hydrogen (secondary N) is 2. The lowest BCUT2D eigenvalue weighted by Gasteiger charge is -2.13. The van der Waals surface area contributed by atoms with Gasteiger partial charge in [0.15, 0.2) is 0 Å². The molecule has 1 aliphatic carbocycles. The number of aromatic nitrogens is 2. The fourth-order valence-corrected chi connectivity index (χ4v) is 3.06. The highest BCUT2D eigenvalue weighted by molar-refractivity contribution is 9.10. The second kappa shape index (κ2) is 8.11. The van der Waals surface area contributed by atoms with E-state index in [0.29, 0.717) is 5.95 Å². The monoisotopic (exact) mass is 372 g/mol. The van der Waals surface area contributed by atoms with Crippen molar-refractivity contribution in [2.75, 3.05) is 17.2 Å². The standard InChI is InChI=1S/C18H21BrN4/c19-15-8-4-5-9-16(15)22-17-11-13-21-18(23-17)20-12-10-14-6-2-1-3-7-14/h4-6,8-9,11,13H,1-3,7,10,12H2,(H2,20,21,22,23). The predicted molar refractivity (Wildman–Crippen MR) is 99.1 cm³/mol. The average molecular weight is 373 g/mol. The average Bonchev–Trinajstić information content (AvgIpc) is 2.58. The Bertz CT molecular complexity index is 684. The van der Waals surface area contributed by atoms with Crippen molar-refractivity contribution in [2.45, 2.75) is 32.1 Å². The number of halogens is 1. The van der Waals surface area contributed by atoms with E-state index >= 15 is 0 Å². The summed E-state index contributed by atoms with van der Waals surface area (Å²) < 4.78 is 1.01. The third kappa shape index (κ3) is 4.79. The fraction of sp³-hybridized carbons (Fsp3) is 0.333. The molecule has 4 nitrogen and oxygen atoms in total. The molecule has 2 aromatic rings. The number of nitrogens with zero attached hydrogens (tertiary/aromatic N) is 2. The van der Waals surface area contributed by atoms with Gasteiger partial charge in [-0.25, -0.2) is 4.98 Å². The molecule has 0 spiro atoms. The van der Waals surface area contributed by atoms with E-state index in [1.54, 1.807) is 11.8 Å². The lowest BCUT2D eigenvalue weighted by molar-refractivity contribution is 0.679. The van der Waals surface area contributed by atoms with Crippen molar-refractivity contribution in [1.82, 2.24) is 9.97 Å². The van der Waals surface area contributed by atoms with Crippen LogP contribution in [0.4, 0.5) is 17.5 Å². The molecular formula is C18H21BrN4. The Kier molecular flexibility index (Phi) is 5.64. The van der Waals surface area contributed by atoms with E-state index < -0.39 is 0 Å². The SMILES string of the molecule is Brc1ccccc1Nc1ccnc(NCCC2=CCCCC2)n1. The first-order valence-electron chi connectivity index (χ1n) is 8.07. The van der Waals surface area contributed by atoms with Crippen molar-refractivity contribution in [2.24, 2.45) is 0 Å². The molecular weight excluding hydrogens is 352 g/mol. The Labute approximate surface area is 145 Å². The Morgan fingerprint density at radius 2 is 2.04 bits per heavy atom. The summed E-state index contributed by atoms with van der Waals surface area (Å²) in [7, 11) is 0. The summed E-state index contributed by atoms with van der Waals surface area (Å²) in [4.78, 5) is 8.81. The van der Waals surface area contributed by atoms with E-state index in [0.717, 1.165) is 28.9 Å². The van der Waals surface area contributed by atoms with Crippen LogP contribution in [-0.4, -0.2) is 16.5 Å². The molecule has 0 fully saturated rings. The van der Waals surface area contributed by atoms with Crippen LogP contribution in [0.5, 0.6) is 0 Å². The first kappa shape index (κ1) is 16.0. The van der Waals surface area contributed by atoms with Crippen molar-refractivity contribution in [3.8, 4) is 0 Å². The highest BCUT2D eigenvalue weighted by Crippen LogP contribution is 2.24. The van der Waals surface area contributed by atoms with E-state index in [9.17, 15) is 0 Å². The van der Waals surface area contributed by atoms with Crippen LogP contribution in [0, 0.1) is 0 Å². The van der Waals surface area contributed by atoms with Gasteiger partial charge in [0.2, 0.25) is 5.95 Å². The summed E-state index contributed by atoms with van der Waals surface area (Å²) >= 11 is 3.53. The second-order valence-corrected chi connectivity index (χ2v) is 6.51. The van der Waals surface area contributed by atoms with Crippen LogP contribution in [0.25, 0.3) is 0 Å². The van der Waals surface area contributed by atoms with Gasteiger partial charge in [-0.1, -0.05) is 23.8 Å². The van der Waals surface area contributed by atoms with Crippen molar-refractivity contribution >= 4 is 33.4 Å². The lowest BCUT2D eigenvalue weighted by atomic mass is 9.97. The Balaban J connectivity index is 1.57. The van der Waals surface area contributed by atoms with Crippen LogP contribution < -0.4 is 10.6 Å². The summed E-state index contributed by atoms with van der Waals surface area (Å²) in [6.45, 7) is 0.879.